The third-order valence-electron chi connectivity index (χ3n) is 5.67. The van der Waals surface area contributed by atoms with E-state index in [1.165, 1.54) is 45.7 Å². The van der Waals surface area contributed by atoms with E-state index in [2.05, 4.69) is 4.98 Å². The molecule has 4 aromatic rings. The second-order valence-electron chi connectivity index (χ2n) is 7.66. The Balaban J connectivity index is 1.31. The number of halogens is 1. The third kappa shape index (κ3) is 4.19. The molecule has 1 fully saturated rings. The Morgan fingerprint density at radius 3 is 2.42 bits per heavy atom. The lowest BCUT2D eigenvalue weighted by Crippen LogP contribution is -2.51. The summed E-state index contributed by atoms with van der Waals surface area (Å²) in [4.78, 5) is 47.6. The predicted molar refractivity (Wildman–Crippen MR) is 126 cm³/mol. The van der Waals surface area contributed by atoms with Crippen LogP contribution in [0, 0.1) is 5.82 Å². The van der Waals surface area contributed by atoms with Crippen LogP contribution in [0.4, 0.5) is 4.39 Å². The highest BCUT2D eigenvalue weighted by molar-refractivity contribution is 7.17. The first-order valence-corrected chi connectivity index (χ1v) is 12.1. The molecule has 0 saturated carbocycles. The van der Waals surface area contributed by atoms with Crippen LogP contribution in [0.5, 0.6) is 0 Å². The summed E-state index contributed by atoms with van der Waals surface area (Å²) in [6.45, 7) is 1.61. The molecule has 0 unspecified atom stereocenters. The van der Waals surface area contributed by atoms with E-state index >= 15 is 0 Å². The van der Waals surface area contributed by atoms with Crippen LogP contribution in [0.25, 0.3) is 21.3 Å². The van der Waals surface area contributed by atoms with E-state index in [1.807, 2.05) is 16.8 Å². The van der Waals surface area contributed by atoms with Crippen LogP contribution in [-0.2, 0) is 11.3 Å². The van der Waals surface area contributed by atoms with Crippen molar-refractivity contribution in [3.05, 3.63) is 74.5 Å². The van der Waals surface area contributed by atoms with Crippen molar-refractivity contribution in [2.45, 2.75) is 6.54 Å². The topological polar surface area (TPSA) is 75.5 Å². The molecule has 0 aliphatic carbocycles. The minimum Gasteiger partial charge on any atom is -0.338 e. The molecule has 1 aromatic carbocycles. The van der Waals surface area contributed by atoms with Crippen LogP contribution >= 0.6 is 22.7 Å². The number of piperazine rings is 1. The average molecular weight is 483 g/mol. The molecule has 1 aliphatic heterocycles. The minimum absolute atomic E-state index is 0.0197. The molecule has 1 aliphatic rings. The van der Waals surface area contributed by atoms with Gasteiger partial charge in [0.25, 0.3) is 11.5 Å². The standard InChI is InChI=1S/C23H19FN4O3S2/c24-16-5-3-15(4-6-16)17-13-33-21-20(17)23(31)28(14-25-21)12-19(29)26-7-9-27(10-8-26)22(30)18-2-1-11-32-18/h1-6,11,13-14H,7-10,12H2. The van der Waals surface area contributed by atoms with Crippen LogP contribution in [0.1, 0.15) is 9.67 Å². The van der Waals surface area contributed by atoms with Crippen molar-refractivity contribution in [2.75, 3.05) is 26.2 Å². The molecular weight excluding hydrogens is 463 g/mol. The SMILES string of the molecule is O=C(Cn1cnc2scc(-c3ccc(F)cc3)c2c1=O)N1CCN(C(=O)c2cccs2)CC1. The maximum Gasteiger partial charge on any atom is 0.264 e. The number of carbonyl (C=O) groups excluding carboxylic acids is 2. The predicted octanol–water partition coefficient (Wildman–Crippen LogP) is 3.31. The number of amides is 2. The van der Waals surface area contributed by atoms with Crippen molar-refractivity contribution in [3.63, 3.8) is 0 Å². The lowest BCUT2D eigenvalue weighted by Gasteiger charge is -2.34. The molecule has 168 valence electrons. The summed E-state index contributed by atoms with van der Waals surface area (Å²) < 4.78 is 14.6. The maximum absolute atomic E-state index is 13.3. The highest BCUT2D eigenvalue weighted by Gasteiger charge is 2.26. The Hall–Kier alpha value is -3.37. The summed E-state index contributed by atoms with van der Waals surface area (Å²) in [7, 11) is 0. The molecule has 4 heterocycles. The van der Waals surface area contributed by atoms with E-state index in [1.54, 1.807) is 28.0 Å². The van der Waals surface area contributed by atoms with E-state index in [0.717, 1.165) is 5.56 Å². The molecule has 10 heteroatoms. The third-order valence-corrected chi connectivity index (χ3v) is 7.42. The van der Waals surface area contributed by atoms with E-state index in [4.69, 9.17) is 0 Å². The van der Waals surface area contributed by atoms with Gasteiger partial charge in [-0.15, -0.1) is 22.7 Å². The Morgan fingerprint density at radius 2 is 1.73 bits per heavy atom. The van der Waals surface area contributed by atoms with Gasteiger partial charge in [-0.2, -0.15) is 0 Å². The Labute approximate surface area is 196 Å². The largest absolute Gasteiger partial charge is 0.338 e. The quantitative estimate of drug-likeness (QED) is 0.447. The van der Waals surface area contributed by atoms with Gasteiger partial charge >= 0.3 is 0 Å². The molecule has 3 aromatic heterocycles. The number of nitrogens with zero attached hydrogens (tertiary/aromatic N) is 4. The normalized spacial score (nSPS) is 14.1. The molecule has 0 N–H and O–H groups in total. The molecule has 7 nitrogen and oxygen atoms in total. The molecule has 2 amide bonds. The van der Waals surface area contributed by atoms with Crippen molar-refractivity contribution >= 4 is 44.7 Å². The van der Waals surface area contributed by atoms with Gasteiger partial charge in [-0.05, 0) is 29.1 Å². The average Bonchev–Trinajstić information content (AvgIpc) is 3.52. The van der Waals surface area contributed by atoms with Crippen LogP contribution < -0.4 is 5.56 Å². The van der Waals surface area contributed by atoms with Gasteiger partial charge in [0.1, 0.15) is 17.2 Å². The second-order valence-corrected chi connectivity index (χ2v) is 9.47. The van der Waals surface area contributed by atoms with Crippen LogP contribution in [-0.4, -0.2) is 57.3 Å². The highest BCUT2D eigenvalue weighted by Crippen LogP contribution is 2.30. The number of hydrogen-bond acceptors (Lipinski definition) is 6. The zero-order valence-corrected chi connectivity index (χ0v) is 19.1. The van der Waals surface area contributed by atoms with Crippen molar-refractivity contribution in [1.29, 1.82) is 0 Å². The summed E-state index contributed by atoms with van der Waals surface area (Å²) >= 11 is 2.74. The molecule has 0 bridgehead atoms. The first-order chi connectivity index (χ1) is 16.0. The molecule has 0 radical (unpaired) electrons. The molecule has 0 atom stereocenters. The molecule has 33 heavy (non-hydrogen) atoms. The number of hydrogen-bond donors (Lipinski definition) is 0. The second kappa shape index (κ2) is 8.87. The van der Waals surface area contributed by atoms with E-state index in [9.17, 15) is 18.8 Å². The fourth-order valence-electron chi connectivity index (χ4n) is 3.88. The number of carbonyl (C=O) groups is 2. The van der Waals surface area contributed by atoms with E-state index < -0.39 is 0 Å². The first kappa shape index (κ1) is 21.5. The zero-order valence-electron chi connectivity index (χ0n) is 17.4. The van der Waals surface area contributed by atoms with Crippen LogP contribution in [0.2, 0.25) is 0 Å². The van der Waals surface area contributed by atoms with E-state index in [0.29, 0.717) is 46.8 Å². The zero-order chi connectivity index (χ0) is 22.9. The van der Waals surface area contributed by atoms with Gasteiger partial charge in [-0.25, -0.2) is 9.37 Å². The summed E-state index contributed by atoms with van der Waals surface area (Å²) in [6.07, 6.45) is 1.39. The highest BCUT2D eigenvalue weighted by atomic mass is 32.1. The minimum atomic E-state index is -0.350. The van der Waals surface area contributed by atoms with E-state index in [-0.39, 0.29) is 29.7 Å². The van der Waals surface area contributed by atoms with Gasteiger partial charge in [-0.3, -0.25) is 19.0 Å². The maximum atomic E-state index is 13.3. The molecule has 1 saturated heterocycles. The van der Waals surface area contributed by atoms with Gasteiger partial charge in [-0.1, -0.05) is 18.2 Å². The smallest absolute Gasteiger partial charge is 0.264 e. The summed E-state index contributed by atoms with van der Waals surface area (Å²) in [5, 5.41) is 4.11. The fourth-order valence-corrected chi connectivity index (χ4v) is 5.48. The van der Waals surface area contributed by atoms with Crippen molar-refractivity contribution in [2.24, 2.45) is 0 Å². The van der Waals surface area contributed by atoms with Crippen molar-refractivity contribution in [3.8, 4) is 11.1 Å². The molecule has 0 spiro atoms. The molecular formula is C23H19FN4O3S2. The summed E-state index contributed by atoms with van der Waals surface area (Å²) in [5.41, 5.74) is 1.09. The molecule has 5 rings (SSSR count). The van der Waals surface area contributed by atoms with Gasteiger partial charge in [0.05, 0.1) is 16.6 Å². The van der Waals surface area contributed by atoms with Gasteiger partial charge in [0.2, 0.25) is 5.91 Å². The van der Waals surface area contributed by atoms with Gasteiger partial charge in [0, 0.05) is 37.1 Å². The number of fused-ring (bicyclic) bond motifs is 1. The number of benzene rings is 1. The van der Waals surface area contributed by atoms with Gasteiger partial charge < -0.3 is 9.80 Å². The van der Waals surface area contributed by atoms with Crippen LogP contribution in [0.3, 0.4) is 0 Å². The monoisotopic (exact) mass is 482 g/mol. The van der Waals surface area contributed by atoms with Crippen molar-refractivity contribution in [1.82, 2.24) is 19.4 Å². The first-order valence-electron chi connectivity index (χ1n) is 10.3. The number of thiophene rings is 2. The lowest BCUT2D eigenvalue weighted by molar-refractivity contribution is -0.133. The fraction of sp³-hybridized carbons (Fsp3) is 0.217. The van der Waals surface area contributed by atoms with Gasteiger partial charge in [0.15, 0.2) is 0 Å². The number of aromatic nitrogens is 2. The van der Waals surface area contributed by atoms with Crippen LogP contribution in [0.15, 0.2) is 58.3 Å². The number of rotatable bonds is 4. The Bertz CT molecular complexity index is 1370. The summed E-state index contributed by atoms with van der Waals surface area (Å²) in [5.74, 6) is -0.564. The van der Waals surface area contributed by atoms with Crippen molar-refractivity contribution < 1.29 is 14.0 Å². The Kier molecular flexibility index (Phi) is 5.77. The summed E-state index contributed by atoms with van der Waals surface area (Å²) in [6, 6.07) is 9.58. The lowest BCUT2D eigenvalue weighted by atomic mass is 10.1. The Morgan fingerprint density at radius 1 is 1.00 bits per heavy atom.